The fraction of sp³-hybridized carbons (Fsp3) is 0.471. The van der Waals surface area contributed by atoms with E-state index in [2.05, 4.69) is 66.5 Å². The van der Waals surface area contributed by atoms with Crippen molar-refractivity contribution in [2.75, 3.05) is 0 Å². The summed E-state index contributed by atoms with van der Waals surface area (Å²) in [6, 6.07) is 9.37. The third-order valence-electron chi connectivity index (χ3n) is 3.99. The molecule has 1 atom stereocenters. The molecule has 108 valence electrons. The summed E-state index contributed by atoms with van der Waals surface area (Å²) in [6.45, 7) is 8.53. The summed E-state index contributed by atoms with van der Waals surface area (Å²) < 4.78 is 2.10. The topological polar surface area (TPSA) is 21.1 Å². The SMILES string of the molecule is CC[C@@H](C)N(Cc1ccc(C)cc1)Cc1nccn1C. The molecule has 1 heterocycles. The smallest absolute Gasteiger partial charge is 0.122 e. The van der Waals surface area contributed by atoms with Gasteiger partial charge in [0, 0.05) is 32.0 Å². The molecule has 0 saturated carbocycles. The van der Waals surface area contributed by atoms with Gasteiger partial charge >= 0.3 is 0 Å². The van der Waals surface area contributed by atoms with E-state index in [9.17, 15) is 0 Å². The lowest BCUT2D eigenvalue weighted by atomic mass is 10.1. The van der Waals surface area contributed by atoms with Gasteiger partial charge in [-0.3, -0.25) is 4.90 Å². The van der Waals surface area contributed by atoms with Crippen LogP contribution in [-0.4, -0.2) is 20.5 Å². The molecule has 3 nitrogen and oxygen atoms in total. The summed E-state index contributed by atoms with van der Waals surface area (Å²) in [5.41, 5.74) is 2.68. The van der Waals surface area contributed by atoms with Gasteiger partial charge in [0.25, 0.3) is 0 Å². The second-order valence-electron chi connectivity index (χ2n) is 5.60. The Morgan fingerprint density at radius 3 is 2.45 bits per heavy atom. The predicted molar refractivity (Wildman–Crippen MR) is 83.4 cm³/mol. The van der Waals surface area contributed by atoms with Crippen LogP contribution in [0.15, 0.2) is 36.7 Å². The van der Waals surface area contributed by atoms with Gasteiger partial charge in [-0.15, -0.1) is 0 Å². The lowest BCUT2D eigenvalue weighted by Crippen LogP contribution is -2.32. The van der Waals surface area contributed by atoms with Crippen LogP contribution in [-0.2, 0) is 20.1 Å². The highest BCUT2D eigenvalue weighted by atomic mass is 15.2. The molecular formula is C17H25N3. The van der Waals surface area contributed by atoms with Crippen LogP contribution in [0.1, 0.15) is 37.2 Å². The molecular weight excluding hydrogens is 246 g/mol. The lowest BCUT2D eigenvalue weighted by molar-refractivity contribution is 0.179. The maximum Gasteiger partial charge on any atom is 0.122 e. The largest absolute Gasteiger partial charge is 0.337 e. The van der Waals surface area contributed by atoms with Gasteiger partial charge in [0.05, 0.1) is 6.54 Å². The molecule has 0 radical (unpaired) electrons. The summed E-state index contributed by atoms with van der Waals surface area (Å²) in [4.78, 5) is 6.94. The van der Waals surface area contributed by atoms with Crippen molar-refractivity contribution in [2.45, 2.75) is 46.3 Å². The third kappa shape index (κ3) is 3.70. The van der Waals surface area contributed by atoms with Crippen molar-refractivity contribution in [3.8, 4) is 0 Å². The molecule has 20 heavy (non-hydrogen) atoms. The van der Waals surface area contributed by atoms with Crippen molar-refractivity contribution in [3.63, 3.8) is 0 Å². The van der Waals surface area contributed by atoms with Gasteiger partial charge in [0.2, 0.25) is 0 Å². The van der Waals surface area contributed by atoms with Crippen LogP contribution < -0.4 is 0 Å². The Hall–Kier alpha value is -1.61. The lowest BCUT2D eigenvalue weighted by Gasteiger charge is -2.28. The van der Waals surface area contributed by atoms with Crippen molar-refractivity contribution in [2.24, 2.45) is 7.05 Å². The van der Waals surface area contributed by atoms with Crippen molar-refractivity contribution in [1.82, 2.24) is 14.5 Å². The van der Waals surface area contributed by atoms with E-state index < -0.39 is 0 Å². The number of nitrogens with zero attached hydrogens (tertiary/aromatic N) is 3. The van der Waals surface area contributed by atoms with E-state index in [0.29, 0.717) is 6.04 Å². The molecule has 1 aromatic carbocycles. The van der Waals surface area contributed by atoms with Gasteiger partial charge in [-0.25, -0.2) is 4.98 Å². The minimum Gasteiger partial charge on any atom is -0.337 e. The van der Waals surface area contributed by atoms with Crippen molar-refractivity contribution in [1.29, 1.82) is 0 Å². The second-order valence-corrected chi connectivity index (χ2v) is 5.60. The summed E-state index contributed by atoms with van der Waals surface area (Å²) in [7, 11) is 2.06. The number of rotatable bonds is 6. The molecule has 2 rings (SSSR count). The average Bonchev–Trinajstić information content (AvgIpc) is 2.85. The van der Waals surface area contributed by atoms with E-state index >= 15 is 0 Å². The summed E-state index contributed by atoms with van der Waals surface area (Å²) in [5, 5.41) is 0. The summed E-state index contributed by atoms with van der Waals surface area (Å²) in [6.07, 6.45) is 5.03. The quantitative estimate of drug-likeness (QED) is 0.801. The van der Waals surface area contributed by atoms with Crippen LogP contribution in [0, 0.1) is 6.92 Å². The fourth-order valence-electron chi connectivity index (χ4n) is 2.28. The highest BCUT2D eigenvalue weighted by Gasteiger charge is 2.15. The minimum atomic E-state index is 0.549. The Bertz CT molecular complexity index is 527. The van der Waals surface area contributed by atoms with Crippen LogP contribution in [0.2, 0.25) is 0 Å². The number of hydrogen-bond donors (Lipinski definition) is 0. The zero-order valence-electron chi connectivity index (χ0n) is 13.0. The molecule has 0 amide bonds. The fourth-order valence-corrected chi connectivity index (χ4v) is 2.28. The van der Waals surface area contributed by atoms with Crippen LogP contribution in [0.25, 0.3) is 0 Å². The van der Waals surface area contributed by atoms with Gasteiger partial charge in [-0.1, -0.05) is 36.8 Å². The molecule has 0 spiro atoms. The van der Waals surface area contributed by atoms with E-state index in [-0.39, 0.29) is 0 Å². The molecule has 2 aromatic rings. The molecule has 0 unspecified atom stereocenters. The minimum absolute atomic E-state index is 0.549. The van der Waals surface area contributed by atoms with Gasteiger partial charge < -0.3 is 4.57 Å². The van der Waals surface area contributed by atoms with Crippen LogP contribution in [0.3, 0.4) is 0 Å². The third-order valence-corrected chi connectivity index (χ3v) is 3.99. The zero-order valence-corrected chi connectivity index (χ0v) is 13.0. The first-order valence-electron chi connectivity index (χ1n) is 7.36. The Morgan fingerprint density at radius 2 is 1.90 bits per heavy atom. The second kappa shape index (κ2) is 6.71. The number of hydrogen-bond acceptors (Lipinski definition) is 2. The van der Waals surface area contributed by atoms with E-state index in [1.165, 1.54) is 11.1 Å². The Balaban J connectivity index is 2.11. The molecule has 0 aliphatic carbocycles. The number of benzene rings is 1. The van der Waals surface area contributed by atoms with E-state index in [1.54, 1.807) is 0 Å². The molecule has 0 fully saturated rings. The van der Waals surface area contributed by atoms with E-state index in [4.69, 9.17) is 0 Å². The summed E-state index contributed by atoms with van der Waals surface area (Å²) in [5.74, 6) is 1.12. The van der Waals surface area contributed by atoms with Crippen molar-refractivity contribution < 1.29 is 0 Å². The summed E-state index contributed by atoms with van der Waals surface area (Å²) >= 11 is 0. The zero-order chi connectivity index (χ0) is 14.5. The first-order valence-corrected chi connectivity index (χ1v) is 7.36. The Morgan fingerprint density at radius 1 is 1.20 bits per heavy atom. The van der Waals surface area contributed by atoms with E-state index in [1.807, 2.05) is 12.4 Å². The number of imidazole rings is 1. The van der Waals surface area contributed by atoms with Crippen molar-refractivity contribution in [3.05, 3.63) is 53.6 Å². The predicted octanol–water partition coefficient (Wildman–Crippen LogP) is 3.53. The van der Waals surface area contributed by atoms with Gasteiger partial charge in [-0.05, 0) is 25.8 Å². The normalized spacial score (nSPS) is 12.8. The number of aryl methyl sites for hydroxylation is 2. The standard InChI is InChI=1S/C17H25N3/c1-5-15(3)20(13-17-18-10-11-19(17)4)12-16-8-6-14(2)7-9-16/h6-11,15H,5,12-13H2,1-4H3/t15-/m1/s1. The average molecular weight is 271 g/mol. The number of aromatic nitrogens is 2. The molecule has 0 bridgehead atoms. The maximum absolute atomic E-state index is 4.45. The Kier molecular flexibility index (Phi) is 4.96. The molecule has 0 N–H and O–H groups in total. The molecule has 1 aromatic heterocycles. The van der Waals surface area contributed by atoms with E-state index in [0.717, 1.165) is 25.3 Å². The van der Waals surface area contributed by atoms with Crippen LogP contribution >= 0.6 is 0 Å². The Labute approximate surface area is 122 Å². The first-order chi connectivity index (χ1) is 9.60. The highest BCUT2D eigenvalue weighted by molar-refractivity contribution is 5.21. The first kappa shape index (κ1) is 14.8. The highest BCUT2D eigenvalue weighted by Crippen LogP contribution is 2.14. The molecule has 3 heteroatoms. The molecule has 0 aliphatic rings. The van der Waals surface area contributed by atoms with Crippen molar-refractivity contribution >= 4 is 0 Å². The maximum atomic E-state index is 4.45. The van der Waals surface area contributed by atoms with Gasteiger partial charge in [0.15, 0.2) is 0 Å². The molecule has 0 saturated heterocycles. The monoisotopic (exact) mass is 271 g/mol. The van der Waals surface area contributed by atoms with Gasteiger partial charge in [0.1, 0.15) is 5.82 Å². The van der Waals surface area contributed by atoms with Gasteiger partial charge in [-0.2, -0.15) is 0 Å². The van der Waals surface area contributed by atoms with Crippen LogP contribution in [0.4, 0.5) is 0 Å². The van der Waals surface area contributed by atoms with Crippen LogP contribution in [0.5, 0.6) is 0 Å². The molecule has 0 aliphatic heterocycles.